The monoisotopic (exact) mass is 1460 g/mol. The van der Waals surface area contributed by atoms with Crippen LogP contribution in [0.1, 0.15) is 150 Å². The summed E-state index contributed by atoms with van der Waals surface area (Å²) >= 11 is 0. The quantitative estimate of drug-likeness (QED) is 0.140. The Hall–Kier alpha value is -11.7. The third-order valence-corrected chi connectivity index (χ3v) is 24.7. The van der Waals surface area contributed by atoms with Gasteiger partial charge in [-0.05, 0) is 296 Å². The highest BCUT2D eigenvalue weighted by molar-refractivity contribution is 6.25. The Labute approximate surface area is 669 Å². The Morgan fingerprint density at radius 3 is 0.805 bits per heavy atom. The van der Waals surface area contributed by atoms with Crippen molar-refractivity contribution >= 4 is 97.0 Å². The highest BCUT2D eigenvalue weighted by atomic mass is 14.3. The minimum atomic E-state index is 0.135. The lowest BCUT2D eigenvalue weighted by molar-refractivity contribution is 0.444. The van der Waals surface area contributed by atoms with Crippen LogP contribution in [0, 0.1) is 34.6 Å². The maximum Gasteiger partial charge on any atom is -0.00210 e. The number of hydrogen-bond donors (Lipinski definition) is 0. The summed E-state index contributed by atoms with van der Waals surface area (Å²) < 4.78 is 0. The molecular formula is C113H104. The zero-order valence-corrected chi connectivity index (χ0v) is 68.6. The Balaban J connectivity index is 0.000000123. The van der Waals surface area contributed by atoms with Crippen LogP contribution >= 0.6 is 0 Å². The van der Waals surface area contributed by atoms with Crippen LogP contribution in [0.2, 0.25) is 0 Å². The molecule has 0 heteroatoms. The lowest BCUT2D eigenvalue weighted by Crippen LogP contribution is -2.10. The van der Waals surface area contributed by atoms with Crippen LogP contribution in [-0.2, 0) is 16.2 Å². The first kappa shape index (κ1) is 74.1. The lowest BCUT2D eigenvalue weighted by Gasteiger charge is -2.22. The van der Waals surface area contributed by atoms with Crippen LogP contribution in [-0.4, -0.2) is 0 Å². The molecule has 18 aromatic rings. The molecule has 0 heterocycles. The average molecular weight is 1460 g/mol. The van der Waals surface area contributed by atoms with E-state index in [0.29, 0.717) is 0 Å². The largest absolute Gasteiger partial charge is 0.0617 e. The van der Waals surface area contributed by atoms with Gasteiger partial charge in [-0.3, -0.25) is 0 Å². The van der Waals surface area contributed by atoms with E-state index in [1.54, 1.807) is 0 Å². The maximum atomic E-state index is 2.45. The topological polar surface area (TPSA) is 0 Å². The maximum absolute atomic E-state index is 2.45. The first-order valence-electron chi connectivity index (χ1n) is 41.2. The molecule has 0 nitrogen and oxygen atoms in total. The molecule has 0 saturated heterocycles. The number of rotatable bonds is 7. The Bertz CT molecular complexity index is 6530. The number of benzene rings is 18. The van der Waals surface area contributed by atoms with E-state index in [4.69, 9.17) is 0 Å². The van der Waals surface area contributed by atoms with Gasteiger partial charge in [-0.25, -0.2) is 0 Å². The van der Waals surface area contributed by atoms with E-state index in [9.17, 15) is 0 Å². The fourth-order valence-corrected chi connectivity index (χ4v) is 18.9. The predicted molar refractivity (Wildman–Crippen MR) is 495 cm³/mol. The molecule has 0 aliphatic heterocycles. The lowest BCUT2D eigenvalue weighted by atomic mass is 9.82. The third kappa shape index (κ3) is 14.1. The van der Waals surface area contributed by atoms with E-state index in [-0.39, 0.29) is 16.2 Å². The van der Waals surface area contributed by atoms with Crippen LogP contribution in [0.3, 0.4) is 0 Å². The highest BCUT2D eigenvalue weighted by Gasteiger charge is 2.25. The van der Waals surface area contributed by atoms with Crippen molar-refractivity contribution in [3.05, 3.63) is 359 Å². The van der Waals surface area contributed by atoms with E-state index in [1.807, 2.05) is 0 Å². The van der Waals surface area contributed by atoms with Gasteiger partial charge in [0, 0.05) is 0 Å². The van der Waals surface area contributed by atoms with E-state index >= 15 is 0 Å². The van der Waals surface area contributed by atoms with Crippen LogP contribution in [0.15, 0.2) is 309 Å². The fraction of sp³-hybridized carbons (Fsp3) is 0.204. The molecule has 1 aliphatic carbocycles. The molecule has 0 radical (unpaired) electrons. The number of aryl methyl sites for hydroxylation is 5. The van der Waals surface area contributed by atoms with Crippen molar-refractivity contribution < 1.29 is 0 Å². The van der Waals surface area contributed by atoms with Crippen molar-refractivity contribution in [1.29, 1.82) is 0 Å². The summed E-state index contributed by atoms with van der Waals surface area (Å²) in [6.45, 7) is 31.7. The van der Waals surface area contributed by atoms with Gasteiger partial charge in [0.25, 0.3) is 0 Å². The van der Waals surface area contributed by atoms with E-state index in [1.165, 1.54) is 246 Å². The normalized spacial score (nSPS) is 13.0. The second-order valence-electron chi connectivity index (χ2n) is 35.6. The van der Waals surface area contributed by atoms with Gasteiger partial charge < -0.3 is 0 Å². The van der Waals surface area contributed by atoms with Crippen molar-refractivity contribution in [3.8, 4) is 66.8 Å². The zero-order chi connectivity index (χ0) is 78.2. The first-order valence-corrected chi connectivity index (χ1v) is 41.2. The molecular weight excluding hydrogens is 1360 g/mol. The molecule has 1 fully saturated rings. The molecule has 0 amide bonds. The molecule has 556 valence electrons. The number of fused-ring (bicyclic) bond motifs is 9. The number of hydrogen-bond acceptors (Lipinski definition) is 0. The van der Waals surface area contributed by atoms with Crippen molar-refractivity contribution in [2.24, 2.45) is 0 Å². The molecule has 113 heavy (non-hydrogen) atoms. The SMILES string of the molecule is CC(C)(C)c1ccc(-c2c3ccccc3c(-c3ccc4cc(C(C)(C)C)ccc4c3)c3ccccc23)cc1.Cc1cc(C)c(-c2c3ccccc3c(-c3ccc4cc(C(C)(C)C)ccc4c3)c3ccccc23)c(C)c1.Cc1cccc(C)c1-c1c2ccccc2c(-c2ccc3cc(C4CCCCC4)ccc3c2)c2ccccc12. The molecule has 18 aromatic carbocycles. The van der Waals surface area contributed by atoms with Gasteiger partial charge in [0.15, 0.2) is 0 Å². The Morgan fingerprint density at radius 1 is 0.204 bits per heavy atom. The van der Waals surface area contributed by atoms with Gasteiger partial charge in [0.05, 0.1) is 0 Å². The van der Waals surface area contributed by atoms with E-state index in [0.717, 1.165) is 5.92 Å². The summed E-state index contributed by atoms with van der Waals surface area (Å²) in [4.78, 5) is 0. The molecule has 0 aromatic heterocycles. The van der Waals surface area contributed by atoms with Crippen molar-refractivity contribution in [3.63, 3.8) is 0 Å². The van der Waals surface area contributed by atoms with Gasteiger partial charge in [-0.15, -0.1) is 0 Å². The van der Waals surface area contributed by atoms with Gasteiger partial charge in [-0.2, -0.15) is 0 Å². The van der Waals surface area contributed by atoms with Crippen molar-refractivity contribution in [1.82, 2.24) is 0 Å². The van der Waals surface area contributed by atoms with Crippen molar-refractivity contribution in [2.45, 2.75) is 151 Å². The van der Waals surface area contributed by atoms with E-state index in [2.05, 4.69) is 406 Å². The molecule has 0 atom stereocenters. The molecule has 0 unspecified atom stereocenters. The van der Waals surface area contributed by atoms with Crippen LogP contribution in [0.5, 0.6) is 0 Å². The summed E-state index contributed by atoms with van der Waals surface area (Å²) in [7, 11) is 0. The highest BCUT2D eigenvalue weighted by Crippen LogP contribution is 2.50. The Morgan fingerprint density at radius 2 is 0.469 bits per heavy atom. The minimum Gasteiger partial charge on any atom is -0.0617 e. The minimum absolute atomic E-state index is 0.135. The molecule has 0 bridgehead atoms. The Kier molecular flexibility index (Phi) is 19.5. The summed E-state index contributed by atoms with van der Waals surface area (Å²) in [6.07, 6.45) is 6.83. The summed E-state index contributed by atoms with van der Waals surface area (Å²) in [5.74, 6) is 0.734. The predicted octanol–water partition coefficient (Wildman–Crippen LogP) is 32.9. The smallest absolute Gasteiger partial charge is 0.00210 e. The van der Waals surface area contributed by atoms with E-state index < -0.39 is 0 Å². The molecule has 1 aliphatic rings. The fourth-order valence-electron chi connectivity index (χ4n) is 18.9. The van der Waals surface area contributed by atoms with Gasteiger partial charge >= 0.3 is 0 Å². The van der Waals surface area contributed by atoms with Crippen molar-refractivity contribution in [2.75, 3.05) is 0 Å². The second-order valence-corrected chi connectivity index (χ2v) is 35.6. The van der Waals surface area contributed by atoms with Crippen LogP contribution < -0.4 is 0 Å². The summed E-state index contributed by atoms with van der Waals surface area (Å²) in [6, 6.07) is 116. The molecule has 1 saturated carbocycles. The third-order valence-electron chi connectivity index (χ3n) is 24.7. The van der Waals surface area contributed by atoms with Gasteiger partial charge in [-0.1, -0.05) is 378 Å². The van der Waals surface area contributed by atoms with Gasteiger partial charge in [0.1, 0.15) is 0 Å². The standard InChI is InChI=1S/C38H34.C38H36.C37H34/c1-25-11-10-12-26(2)36(25)38-34-17-8-6-15-32(34)37(33-16-7-9-18-35(33)38)31-22-21-29-23-28(19-20-30(29)24-31)27-13-4-3-5-14-27;1-37(2,3)29-20-17-25(18-21-29)35-31-11-7-9-13-33(31)36(34-14-10-8-12-32(34)35)28-16-15-27-24-30(38(4,5)6)22-19-26(27)23-28;1-23-19-24(2)34(25(3)20-23)36-32-13-9-7-11-30(32)35(31-12-8-10-14-33(31)36)28-16-15-27-22-29(37(4,5)6)18-17-26(27)21-28/h6-12,15-24,27H,3-5,13-14H2,1-2H3;7-24H,1-6H3;7-22H,1-6H3. The van der Waals surface area contributed by atoms with Gasteiger partial charge in [0.2, 0.25) is 0 Å². The first-order chi connectivity index (χ1) is 54.5. The van der Waals surface area contributed by atoms with Crippen LogP contribution in [0.4, 0.5) is 0 Å². The van der Waals surface area contributed by atoms with Crippen LogP contribution in [0.25, 0.3) is 164 Å². The molecule has 19 rings (SSSR count). The summed E-state index contributed by atoms with van der Waals surface area (Å²) in [5, 5.41) is 23.6. The molecule has 0 spiro atoms. The zero-order valence-electron chi connectivity index (χ0n) is 68.6. The second kappa shape index (κ2) is 29.8. The average Bonchev–Trinajstić information content (AvgIpc) is 0.748. The summed E-state index contributed by atoms with van der Waals surface area (Å²) in [5.41, 5.74) is 28.5. The molecule has 0 N–H and O–H groups in total.